The SMILES string of the molecule is CCCCCCCC/C=C\CCCCCCCCC(C(=O)O)C(C)C. The van der Waals surface area contributed by atoms with Crippen LogP contribution in [-0.4, -0.2) is 11.1 Å². The van der Waals surface area contributed by atoms with Gasteiger partial charge in [0.2, 0.25) is 0 Å². The van der Waals surface area contributed by atoms with E-state index in [1.165, 1.54) is 83.5 Å². The van der Waals surface area contributed by atoms with Crippen LogP contribution in [0, 0.1) is 11.8 Å². The predicted octanol–water partition coefficient (Wildman–Crippen LogP) is 7.77. The third kappa shape index (κ3) is 16.4. The van der Waals surface area contributed by atoms with Crippen molar-refractivity contribution in [1.82, 2.24) is 0 Å². The van der Waals surface area contributed by atoms with Gasteiger partial charge in [0.1, 0.15) is 0 Å². The van der Waals surface area contributed by atoms with Gasteiger partial charge in [-0.25, -0.2) is 0 Å². The van der Waals surface area contributed by atoms with Gasteiger partial charge in [-0.15, -0.1) is 0 Å². The van der Waals surface area contributed by atoms with Crippen molar-refractivity contribution in [2.45, 2.75) is 117 Å². The maximum atomic E-state index is 11.1. The average Bonchev–Trinajstić information content (AvgIpc) is 2.57. The molecule has 148 valence electrons. The van der Waals surface area contributed by atoms with Crippen LogP contribution in [0.1, 0.15) is 117 Å². The molecule has 0 fully saturated rings. The molecule has 0 aliphatic heterocycles. The number of hydrogen-bond acceptors (Lipinski definition) is 1. The van der Waals surface area contributed by atoms with Crippen LogP contribution in [0.25, 0.3) is 0 Å². The van der Waals surface area contributed by atoms with Crippen LogP contribution in [0.3, 0.4) is 0 Å². The molecule has 25 heavy (non-hydrogen) atoms. The molecular formula is C23H44O2. The molecule has 0 aliphatic rings. The minimum absolute atomic E-state index is 0.156. The van der Waals surface area contributed by atoms with E-state index in [0.29, 0.717) is 0 Å². The maximum absolute atomic E-state index is 11.1. The molecule has 0 amide bonds. The summed E-state index contributed by atoms with van der Waals surface area (Å²) in [7, 11) is 0. The Morgan fingerprint density at radius 2 is 1.20 bits per heavy atom. The Kier molecular flexibility index (Phi) is 17.4. The second-order valence-corrected chi connectivity index (χ2v) is 7.92. The van der Waals surface area contributed by atoms with E-state index in [0.717, 1.165) is 12.8 Å². The smallest absolute Gasteiger partial charge is 0.306 e. The van der Waals surface area contributed by atoms with Crippen molar-refractivity contribution in [3.63, 3.8) is 0 Å². The van der Waals surface area contributed by atoms with Crippen molar-refractivity contribution < 1.29 is 9.90 Å². The maximum Gasteiger partial charge on any atom is 0.306 e. The molecule has 1 N–H and O–H groups in total. The van der Waals surface area contributed by atoms with Gasteiger partial charge in [0.05, 0.1) is 5.92 Å². The molecule has 0 aromatic heterocycles. The number of rotatable bonds is 18. The van der Waals surface area contributed by atoms with Crippen LogP contribution in [0.15, 0.2) is 12.2 Å². The first-order valence-electron chi connectivity index (χ1n) is 11.0. The summed E-state index contributed by atoms with van der Waals surface area (Å²) in [5, 5.41) is 9.16. The Balaban J connectivity index is 3.30. The van der Waals surface area contributed by atoms with Crippen molar-refractivity contribution in [2.75, 3.05) is 0 Å². The van der Waals surface area contributed by atoms with Crippen LogP contribution in [-0.2, 0) is 4.79 Å². The monoisotopic (exact) mass is 352 g/mol. The highest BCUT2D eigenvalue weighted by molar-refractivity contribution is 5.70. The van der Waals surface area contributed by atoms with Gasteiger partial charge in [0, 0.05) is 0 Å². The summed E-state index contributed by atoms with van der Waals surface area (Å²) in [6, 6.07) is 0. The minimum atomic E-state index is -0.622. The van der Waals surface area contributed by atoms with Gasteiger partial charge in [0.25, 0.3) is 0 Å². The largest absolute Gasteiger partial charge is 0.481 e. The molecule has 0 saturated carbocycles. The minimum Gasteiger partial charge on any atom is -0.481 e. The molecule has 0 bridgehead atoms. The summed E-state index contributed by atoms with van der Waals surface area (Å²) < 4.78 is 0. The number of allylic oxidation sites excluding steroid dienone is 2. The predicted molar refractivity (Wildman–Crippen MR) is 110 cm³/mol. The van der Waals surface area contributed by atoms with Crippen molar-refractivity contribution in [1.29, 1.82) is 0 Å². The summed E-state index contributed by atoms with van der Waals surface area (Å²) in [4.78, 5) is 11.1. The van der Waals surface area contributed by atoms with Gasteiger partial charge >= 0.3 is 5.97 Å². The molecule has 1 atom stereocenters. The molecule has 0 radical (unpaired) electrons. The number of hydrogen-bond donors (Lipinski definition) is 1. The lowest BCUT2D eigenvalue weighted by Crippen LogP contribution is -2.19. The molecular weight excluding hydrogens is 308 g/mol. The molecule has 0 aliphatic carbocycles. The van der Waals surface area contributed by atoms with Crippen LogP contribution < -0.4 is 0 Å². The second-order valence-electron chi connectivity index (χ2n) is 7.92. The van der Waals surface area contributed by atoms with E-state index < -0.39 is 5.97 Å². The van der Waals surface area contributed by atoms with Crippen LogP contribution in [0.2, 0.25) is 0 Å². The van der Waals surface area contributed by atoms with E-state index in [1.54, 1.807) is 0 Å². The van der Waals surface area contributed by atoms with E-state index in [1.807, 2.05) is 13.8 Å². The number of aliphatic carboxylic acids is 1. The Morgan fingerprint density at radius 1 is 0.760 bits per heavy atom. The molecule has 0 aromatic carbocycles. The quantitative estimate of drug-likeness (QED) is 0.202. The number of carboxylic acid groups (broad SMARTS) is 1. The summed E-state index contributed by atoms with van der Waals surface area (Å²) in [5.74, 6) is -0.528. The third-order valence-corrected chi connectivity index (χ3v) is 5.15. The molecule has 0 saturated heterocycles. The van der Waals surface area contributed by atoms with Gasteiger partial charge in [-0.3, -0.25) is 4.79 Å². The summed E-state index contributed by atoms with van der Waals surface area (Å²) >= 11 is 0. The molecule has 2 nitrogen and oxygen atoms in total. The second kappa shape index (κ2) is 18.0. The fourth-order valence-electron chi connectivity index (χ4n) is 3.35. The van der Waals surface area contributed by atoms with E-state index in [2.05, 4.69) is 19.1 Å². The van der Waals surface area contributed by atoms with Gasteiger partial charge in [-0.05, 0) is 38.0 Å². The fraction of sp³-hybridized carbons (Fsp3) is 0.870. The number of carbonyl (C=O) groups is 1. The van der Waals surface area contributed by atoms with Crippen molar-refractivity contribution in [3.8, 4) is 0 Å². The van der Waals surface area contributed by atoms with Crippen LogP contribution in [0.4, 0.5) is 0 Å². The van der Waals surface area contributed by atoms with Crippen molar-refractivity contribution in [2.24, 2.45) is 11.8 Å². The molecule has 1 unspecified atom stereocenters. The standard InChI is InChI=1S/C23H44O2/c1-4-5-6-7-8-9-10-11-12-13-14-15-16-17-18-19-20-22(21(2)3)23(24)25/h11-12,21-22H,4-10,13-20H2,1-3H3,(H,24,25)/b12-11-. The normalized spacial score (nSPS) is 13.0. The van der Waals surface area contributed by atoms with Gasteiger partial charge in [0.15, 0.2) is 0 Å². The highest BCUT2D eigenvalue weighted by atomic mass is 16.4. The summed E-state index contributed by atoms with van der Waals surface area (Å²) in [6.45, 7) is 6.29. The van der Waals surface area contributed by atoms with Crippen molar-refractivity contribution in [3.05, 3.63) is 12.2 Å². The van der Waals surface area contributed by atoms with Gasteiger partial charge in [-0.2, -0.15) is 0 Å². The molecule has 0 spiro atoms. The van der Waals surface area contributed by atoms with E-state index in [4.69, 9.17) is 5.11 Å². The Morgan fingerprint density at radius 3 is 1.64 bits per heavy atom. The number of unbranched alkanes of at least 4 members (excludes halogenated alkanes) is 12. The van der Waals surface area contributed by atoms with Gasteiger partial charge in [-0.1, -0.05) is 97.1 Å². The molecule has 0 heterocycles. The first-order chi connectivity index (χ1) is 12.1. The Labute approximate surface area is 157 Å². The molecule has 0 aromatic rings. The van der Waals surface area contributed by atoms with E-state index in [-0.39, 0.29) is 11.8 Å². The zero-order valence-corrected chi connectivity index (χ0v) is 17.3. The lowest BCUT2D eigenvalue weighted by atomic mass is 9.90. The molecule has 2 heteroatoms. The van der Waals surface area contributed by atoms with Crippen LogP contribution in [0.5, 0.6) is 0 Å². The topological polar surface area (TPSA) is 37.3 Å². The Bertz CT molecular complexity index is 320. The first kappa shape index (κ1) is 24.2. The van der Waals surface area contributed by atoms with Crippen LogP contribution >= 0.6 is 0 Å². The fourth-order valence-corrected chi connectivity index (χ4v) is 3.35. The highest BCUT2D eigenvalue weighted by Gasteiger charge is 2.20. The lowest BCUT2D eigenvalue weighted by Gasteiger charge is -2.15. The Hall–Kier alpha value is -0.790. The average molecular weight is 353 g/mol. The zero-order chi connectivity index (χ0) is 18.8. The van der Waals surface area contributed by atoms with Crippen molar-refractivity contribution >= 4 is 5.97 Å². The van der Waals surface area contributed by atoms with E-state index >= 15 is 0 Å². The lowest BCUT2D eigenvalue weighted by molar-refractivity contribution is -0.143. The summed E-state index contributed by atoms with van der Waals surface area (Å²) in [6.07, 6.45) is 23.8. The summed E-state index contributed by atoms with van der Waals surface area (Å²) in [5.41, 5.74) is 0. The first-order valence-corrected chi connectivity index (χ1v) is 11.0. The highest BCUT2D eigenvalue weighted by Crippen LogP contribution is 2.19. The number of carboxylic acids is 1. The molecule has 0 rings (SSSR count). The van der Waals surface area contributed by atoms with Gasteiger partial charge < -0.3 is 5.11 Å². The zero-order valence-electron chi connectivity index (χ0n) is 17.3. The third-order valence-electron chi connectivity index (χ3n) is 5.15. The van der Waals surface area contributed by atoms with E-state index in [9.17, 15) is 4.79 Å².